The monoisotopic (exact) mass is 314 g/mol. The first-order chi connectivity index (χ1) is 9.76. The average Bonchev–Trinajstić information content (AvgIpc) is 2.65. The minimum Gasteiger partial charge on any atom is -0.494 e. The summed E-state index contributed by atoms with van der Waals surface area (Å²) in [6, 6.07) is 3.48. The molecule has 0 aliphatic rings. The number of nitrogens with two attached hydrogens (primary N) is 1. The highest BCUT2D eigenvalue weighted by Gasteiger charge is 2.25. The number of aryl methyl sites for hydroxylation is 1. The van der Waals surface area contributed by atoms with Gasteiger partial charge in [0.1, 0.15) is 11.6 Å². The SMILES string of the molecule is COc1cc(F)ccc1NS(=O)(=O)c1c(N)nn(C)c1C. The van der Waals surface area contributed by atoms with Crippen molar-refractivity contribution in [1.82, 2.24) is 9.78 Å². The van der Waals surface area contributed by atoms with Crippen molar-refractivity contribution in [3.8, 4) is 5.75 Å². The number of hydrogen-bond acceptors (Lipinski definition) is 5. The molecule has 9 heteroatoms. The van der Waals surface area contributed by atoms with Gasteiger partial charge in [0, 0.05) is 13.1 Å². The number of halogens is 1. The van der Waals surface area contributed by atoms with Crippen LogP contribution >= 0.6 is 0 Å². The van der Waals surface area contributed by atoms with Gasteiger partial charge >= 0.3 is 0 Å². The Hall–Kier alpha value is -2.29. The fraction of sp³-hybridized carbons (Fsp3) is 0.250. The number of ether oxygens (including phenoxy) is 1. The van der Waals surface area contributed by atoms with E-state index in [1.807, 2.05) is 0 Å². The maximum atomic E-state index is 13.1. The highest BCUT2D eigenvalue weighted by Crippen LogP contribution is 2.29. The zero-order valence-electron chi connectivity index (χ0n) is 11.7. The highest BCUT2D eigenvalue weighted by atomic mass is 32.2. The van der Waals surface area contributed by atoms with Gasteiger partial charge < -0.3 is 10.5 Å². The topological polar surface area (TPSA) is 99.2 Å². The number of rotatable bonds is 4. The molecule has 0 saturated carbocycles. The number of benzene rings is 1. The van der Waals surface area contributed by atoms with Crippen LogP contribution in [0.5, 0.6) is 5.75 Å². The van der Waals surface area contributed by atoms with Gasteiger partial charge in [0.2, 0.25) is 0 Å². The first-order valence-corrected chi connectivity index (χ1v) is 7.40. The van der Waals surface area contributed by atoms with Crippen LogP contribution in [0.3, 0.4) is 0 Å². The Kier molecular flexibility index (Phi) is 3.77. The number of methoxy groups -OCH3 is 1. The molecule has 2 aromatic rings. The number of nitrogens with one attached hydrogen (secondary N) is 1. The smallest absolute Gasteiger partial charge is 0.267 e. The molecular weight excluding hydrogens is 299 g/mol. The summed E-state index contributed by atoms with van der Waals surface area (Å²) in [4.78, 5) is -0.114. The first-order valence-electron chi connectivity index (χ1n) is 5.91. The van der Waals surface area contributed by atoms with Crippen molar-refractivity contribution in [2.75, 3.05) is 17.6 Å². The lowest BCUT2D eigenvalue weighted by Gasteiger charge is -2.12. The number of anilines is 2. The van der Waals surface area contributed by atoms with Crippen molar-refractivity contribution in [3.63, 3.8) is 0 Å². The van der Waals surface area contributed by atoms with Gasteiger partial charge in [-0.1, -0.05) is 0 Å². The molecule has 7 nitrogen and oxygen atoms in total. The van der Waals surface area contributed by atoms with E-state index in [9.17, 15) is 12.8 Å². The van der Waals surface area contributed by atoms with Gasteiger partial charge in [-0.3, -0.25) is 9.40 Å². The summed E-state index contributed by atoms with van der Waals surface area (Å²) in [5.41, 5.74) is 6.14. The Labute approximate surface area is 121 Å². The van der Waals surface area contributed by atoms with Gasteiger partial charge in [0.15, 0.2) is 10.7 Å². The van der Waals surface area contributed by atoms with E-state index in [0.29, 0.717) is 5.69 Å². The lowest BCUT2D eigenvalue weighted by Crippen LogP contribution is -2.16. The number of nitrogens with zero attached hydrogens (tertiary/aromatic N) is 2. The van der Waals surface area contributed by atoms with Crippen LogP contribution in [0, 0.1) is 12.7 Å². The molecule has 0 saturated heterocycles. The molecule has 0 aliphatic carbocycles. The summed E-state index contributed by atoms with van der Waals surface area (Å²) >= 11 is 0. The van der Waals surface area contributed by atoms with Crippen molar-refractivity contribution in [1.29, 1.82) is 0 Å². The third-order valence-electron chi connectivity index (χ3n) is 2.98. The third kappa shape index (κ3) is 2.77. The molecule has 0 fully saturated rings. The van der Waals surface area contributed by atoms with Crippen molar-refractivity contribution in [2.45, 2.75) is 11.8 Å². The minimum absolute atomic E-state index is 0.0682. The van der Waals surface area contributed by atoms with Crippen LogP contribution in [0.1, 0.15) is 5.69 Å². The van der Waals surface area contributed by atoms with Crippen LogP contribution in [0.15, 0.2) is 23.1 Å². The van der Waals surface area contributed by atoms with Crippen LogP contribution in [0.2, 0.25) is 0 Å². The van der Waals surface area contributed by atoms with Gasteiger partial charge in [-0.25, -0.2) is 12.8 Å². The van der Waals surface area contributed by atoms with Crippen molar-refractivity contribution < 1.29 is 17.5 Å². The van der Waals surface area contributed by atoms with Crippen LogP contribution in [-0.4, -0.2) is 25.3 Å². The van der Waals surface area contributed by atoms with Gasteiger partial charge in [-0.2, -0.15) is 5.10 Å². The van der Waals surface area contributed by atoms with E-state index in [1.54, 1.807) is 14.0 Å². The Morgan fingerprint density at radius 3 is 2.62 bits per heavy atom. The normalized spacial score (nSPS) is 11.4. The van der Waals surface area contributed by atoms with Crippen LogP contribution < -0.4 is 15.2 Å². The predicted octanol–water partition coefficient (Wildman–Crippen LogP) is 1.26. The van der Waals surface area contributed by atoms with Crippen LogP contribution in [-0.2, 0) is 17.1 Å². The van der Waals surface area contributed by atoms with Gasteiger partial charge in [0.25, 0.3) is 10.0 Å². The largest absolute Gasteiger partial charge is 0.494 e. The maximum absolute atomic E-state index is 13.1. The third-order valence-corrected chi connectivity index (χ3v) is 4.51. The van der Waals surface area contributed by atoms with Gasteiger partial charge in [-0.05, 0) is 19.1 Å². The molecule has 0 unspecified atom stereocenters. The quantitative estimate of drug-likeness (QED) is 0.885. The molecule has 3 N–H and O–H groups in total. The molecule has 0 bridgehead atoms. The second-order valence-electron chi connectivity index (χ2n) is 4.37. The molecule has 114 valence electrons. The molecule has 0 radical (unpaired) electrons. The highest BCUT2D eigenvalue weighted by molar-refractivity contribution is 7.93. The van der Waals surface area contributed by atoms with Gasteiger partial charge in [-0.15, -0.1) is 0 Å². The van der Waals surface area contributed by atoms with Crippen molar-refractivity contribution >= 4 is 21.5 Å². The van der Waals surface area contributed by atoms with Crippen LogP contribution in [0.25, 0.3) is 0 Å². The molecule has 0 atom stereocenters. The number of aromatic nitrogens is 2. The van der Waals surface area contributed by atoms with E-state index in [4.69, 9.17) is 10.5 Å². The summed E-state index contributed by atoms with van der Waals surface area (Å²) in [7, 11) is -1.06. The lowest BCUT2D eigenvalue weighted by molar-refractivity contribution is 0.413. The zero-order valence-corrected chi connectivity index (χ0v) is 12.5. The minimum atomic E-state index is -3.96. The Morgan fingerprint density at radius 1 is 1.43 bits per heavy atom. The van der Waals surface area contributed by atoms with E-state index in [2.05, 4.69) is 9.82 Å². The summed E-state index contributed by atoms with van der Waals surface area (Å²) in [5.74, 6) is -0.575. The molecule has 0 spiro atoms. The van der Waals surface area contributed by atoms with E-state index < -0.39 is 15.8 Å². The summed E-state index contributed by atoms with van der Waals surface area (Å²) in [6.45, 7) is 1.58. The number of sulfonamides is 1. The number of hydrogen-bond donors (Lipinski definition) is 2. The fourth-order valence-corrected chi connectivity index (χ4v) is 3.29. The van der Waals surface area contributed by atoms with Crippen LogP contribution in [0.4, 0.5) is 15.9 Å². The molecule has 0 aliphatic heterocycles. The van der Waals surface area contributed by atoms with Crippen molar-refractivity contribution in [3.05, 3.63) is 29.7 Å². The zero-order chi connectivity index (χ0) is 15.8. The predicted molar refractivity (Wildman–Crippen MR) is 76.1 cm³/mol. The lowest BCUT2D eigenvalue weighted by atomic mass is 10.3. The molecule has 21 heavy (non-hydrogen) atoms. The molecular formula is C12H15FN4O3S. The van der Waals surface area contributed by atoms with E-state index in [-0.39, 0.29) is 22.2 Å². The summed E-state index contributed by atoms with van der Waals surface area (Å²) in [5, 5.41) is 3.86. The Morgan fingerprint density at radius 2 is 2.10 bits per heavy atom. The fourth-order valence-electron chi connectivity index (χ4n) is 1.89. The second kappa shape index (κ2) is 5.24. The van der Waals surface area contributed by atoms with Crippen molar-refractivity contribution in [2.24, 2.45) is 7.05 Å². The summed E-state index contributed by atoms with van der Waals surface area (Å²) < 4.78 is 46.6. The standard InChI is InChI=1S/C12H15FN4O3S/c1-7-11(12(14)15-17(7)2)21(18,19)16-9-5-4-8(13)6-10(9)20-3/h4-6,16H,1-3H3,(H2,14,15). The maximum Gasteiger partial charge on any atom is 0.267 e. The van der Waals surface area contributed by atoms with E-state index in [0.717, 1.165) is 12.1 Å². The Bertz CT molecular complexity index is 786. The average molecular weight is 314 g/mol. The molecule has 0 amide bonds. The molecule has 2 rings (SSSR count). The molecule has 1 heterocycles. The van der Waals surface area contributed by atoms with E-state index in [1.165, 1.54) is 17.9 Å². The van der Waals surface area contributed by atoms with E-state index >= 15 is 0 Å². The second-order valence-corrected chi connectivity index (χ2v) is 5.99. The molecule has 1 aromatic carbocycles. The Balaban J connectivity index is 2.47. The number of nitrogen functional groups attached to an aromatic ring is 1. The first kappa shape index (κ1) is 15.1. The van der Waals surface area contributed by atoms with Gasteiger partial charge in [0.05, 0.1) is 18.5 Å². The molecule has 1 aromatic heterocycles. The summed E-state index contributed by atoms with van der Waals surface area (Å²) in [6.07, 6.45) is 0.